The predicted molar refractivity (Wildman–Crippen MR) is 166 cm³/mol. The second kappa shape index (κ2) is 10.2. The molecule has 0 heterocycles. The molecule has 180 valence electrons. The number of rotatable bonds is 3. The molecule has 0 aromatic heterocycles. The molecule has 0 heteroatoms. The molecule has 0 atom stereocenters. The smallest absolute Gasteiger partial charge is 0.00383 e. The summed E-state index contributed by atoms with van der Waals surface area (Å²) in [7, 11) is 0. The minimum Gasteiger partial charge on any atom is -0.0911 e. The molecule has 0 N–H and O–H groups in total. The fraction of sp³-hybridized carbons (Fsp3) is 0. The highest BCUT2D eigenvalue weighted by atomic mass is 14.1. The summed E-state index contributed by atoms with van der Waals surface area (Å²) in [5.41, 5.74) is 6.95. The van der Waals surface area contributed by atoms with Crippen molar-refractivity contribution in [1.29, 1.82) is 0 Å². The molecule has 0 unspecified atom stereocenters. The molecular formula is C38H28. The summed E-state index contributed by atoms with van der Waals surface area (Å²) in [6.45, 7) is 8.99. The van der Waals surface area contributed by atoms with Gasteiger partial charge in [-0.2, -0.15) is 0 Å². The van der Waals surface area contributed by atoms with Crippen molar-refractivity contribution in [2.75, 3.05) is 0 Å². The minimum atomic E-state index is 0.972. The van der Waals surface area contributed by atoms with Crippen molar-refractivity contribution < 1.29 is 0 Å². The van der Waals surface area contributed by atoms with Crippen molar-refractivity contribution in [3.8, 4) is 33.4 Å². The standard InChI is InChI=1S/C38H28/c1-27-12-6-7-13-28(2)38(34-25-22-30-16-8-9-17-33(30)26-34)36-19-11-10-18-35(36)37(27)32-23-20-31(21-24-32)29-14-4-3-5-15-29/h3-26H,1-2H2. The third kappa shape index (κ3) is 4.49. The maximum Gasteiger partial charge on any atom is -0.00383 e. The molecule has 0 aliphatic heterocycles. The van der Waals surface area contributed by atoms with Crippen LogP contribution in [0.25, 0.3) is 68.1 Å². The summed E-state index contributed by atoms with van der Waals surface area (Å²) >= 11 is 0. The van der Waals surface area contributed by atoms with Gasteiger partial charge in [-0.05, 0) is 71.4 Å². The summed E-state index contributed by atoms with van der Waals surface area (Å²) in [6.07, 6.45) is 0. The van der Waals surface area contributed by atoms with Crippen LogP contribution in [0.2, 0.25) is 0 Å². The van der Waals surface area contributed by atoms with Gasteiger partial charge in [-0.1, -0.05) is 153 Å². The normalized spacial score (nSPS) is 10.8. The van der Waals surface area contributed by atoms with E-state index in [0.717, 1.165) is 43.5 Å². The largest absolute Gasteiger partial charge is 0.0911 e. The van der Waals surface area contributed by atoms with Crippen LogP contribution in [0.5, 0.6) is 0 Å². The van der Waals surface area contributed by atoms with E-state index >= 15 is 0 Å². The number of hydrogen-bond acceptors (Lipinski definition) is 0. The lowest BCUT2D eigenvalue weighted by Gasteiger charge is -2.12. The van der Waals surface area contributed by atoms with Gasteiger partial charge < -0.3 is 0 Å². The van der Waals surface area contributed by atoms with Gasteiger partial charge in [-0.3, -0.25) is 0 Å². The molecule has 6 rings (SSSR count). The Kier molecular flexibility index (Phi) is 6.30. The Morgan fingerprint density at radius 2 is 0.763 bits per heavy atom. The van der Waals surface area contributed by atoms with Crippen LogP contribution in [0.3, 0.4) is 0 Å². The van der Waals surface area contributed by atoms with Crippen LogP contribution in [0.15, 0.2) is 146 Å². The fourth-order valence-corrected chi connectivity index (χ4v) is 5.26. The number of hydrogen-bond donors (Lipinski definition) is 0. The Hall–Kier alpha value is -4.94. The second-order valence-electron chi connectivity index (χ2n) is 9.57. The molecule has 38 heavy (non-hydrogen) atoms. The Bertz CT molecular complexity index is 1930. The summed E-state index contributed by atoms with van der Waals surface area (Å²) in [6, 6.07) is 51.4. The van der Waals surface area contributed by atoms with Crippen molar-refractivity contribution in [1.82, 2.24) is 0 Å². The van der Waals surface area contributed by atoms with Crippen molar-refractivity contribution in [3.05, 3.63) is 156 Å². The monoisotopic (exact) mass is 484 g/mol. The van der Waals surface area contributed by atoms with Crippen molar-refractivity contribution >= 4 is 34.7 Å². The minimum absolute atomic E-state index is 0.972. The molecule has 0 bridgehead atoms. The van der Waals surface area contributed by atoms with Crippen LogP contribution in [0.1, 0.15) is 0 Å². The van der Waals surface area contributed by atoms with Gasteiger partial charge in [0.2, 0.25) is 0 Å². The molecule has 6 aromatic carbocycles. The van der Waals surface area contributed by atoms with E-state index < -0.39 is 0 Å². The van der Waals surface area contributed by atoms with E-state index in [0.29, 0.717) is 0 Å². The highest BCUT2D eigenvalue weighted by Gasteiger charge is 2.09. The molecule has 0 spiro atoms. The van der Waals surface area contributed by atoms with Crippen LogP contribution in [0, 0.1) is 0 Å². The molecule has 0 amide bonds. The lowest BCUT2D eigenvalue weighted by Crippen LogP contribution is -2.04. The van der Waals surface area contributed by atoms with Gasteiger partial charge in [-0.15, -0.1) is 0 Å². The zero-order chi connectivity index (χ0) is 25.9. The van der Waals surface area contributed by atoms with Crippen LogP contribution in [-0.4, -0.2) is 0 Å². The van der Waals surface area contributed by atoms with Crippen LogP contribution in [-0.2, 0) is 0 Å². The first-order chi connectivity index (χ1) is 18.7. The Labute approximate surface area is 223 Å². The van der Waals surface area contributed by atoms with Crippen LogP contribution in [0.4, 0.5) is 0 Å². The highest BCUT2D eigenvalue weighted by Crippen LogP contribution is 2.32. The van der Waals surface area contributed by atoms with E-state index in [1.165, 1.54) is 21.9 Å². The average Bonchev–Trinajstić information content (AvgIpc) is 2.97. The summed E-state index contributed by atoms with van der Waals surface area (Å²) < 4.78 is 0. The summed E-state index contributed by atoms with van der Waals surface area (Å²) in [5.74, 6) is 0. The van der Waals surface area contributed by atoms with Gasteiger partial charge in [-0.25, -0.2) is 0 Å². The Balaban J connectivity index is 1.67. The van der Waals surface area contributed by atoms with E-state index in [-0.39, 0.29) is 0 Å². The molecule has 0 saturated heterocycles. The van der Waals surface area contributed by atoms with Crippen molar-refractivity contribution in [2.45, 2.75) is 0 Å². The molecule has 0 saturated carbocycles. The lowest BCUT2D eigenvalue weighted by atomic mass is 9.92. The van der Waals surface area contributed by atoms with Gasteiger partial charge in [0.15, 0.2) is 0 Å². The third-order valence-corrected chi connectivity index (χ3v) is 7.13. The number of benzene rings is 5. The molecule has 0 aliphatic rings. The first-order valence-corrected chi connectivity index (χ1v) is 12.9. The van der Waals surface area contributed by atoms with Crippen LogP contribution >= 0.6 is 0 Å². The SMILES string of the molecule is C=c1ccccc(=C)c(-c2ccc3ccccc3c2)c2ccccc2c1-c1ccc(-c2ccccc2)cc1. The van der Waals surface area contributed by atoms with Gasteiger partial charge in [0.25, 0.3) is 0 Å². The molecule has 0 nitrogen and oxygen atoms in total. The molecule has 6 aromatic rings. The van der Waals surface area contributed by atoms with Gasteiger partial charge in [0, 0.05) is 0 Å². The van der Waals surface area contributed by atoms with Gasteiger partial charge >= 0.3 is 0 Å². The van der Waals surface area contributed by atoms with Crippen molar-refractivity contribution in [3.63, 3.8) is 0 Å². The first-order valence-electron chi connectivity index (χ1n) is 12.9. The lowest BCUT2D eigenvalue weighted by molar-refractivity contribution is 1.58. The maximum atomic E-state index is 4.50. The summed E-state index contributed by atoms with van der Waals surface area (Å²) in [4.78, 5) is 0. The molecular weight excluding hydrogens is 456 g/mol. The zero-order valence-corrected chi connectivity index (χ0v) is 21.3. The molecule has 0 fully saturated rings. The Morgan fingerprint density at radius 3 is 1.42 bits per heavy atom. The van der Waals surface area contributed by atoms with E-state index in [1.54, 1.807) is 0 Å². The average molecular weight is 485 g/mol. The number of fused-ring (bicyclic) bond motifs is 2. The first kappa shape index (κ1) is 23.5. The topological polar surface area (TPSA) is 0 Å². The Morgan fingerprint density at radius 1 is 0.316 bits per heavy atom. The highest BCUT2D eigenvalue weighted by molar-refractivity contribution is 6.04. The predicted octanol–water partition coefficient (Wildman–Crippen LogP) is 8.94. The van der Waals surface area contributed by atoms with Gasteiger partial charge in [0.05, 0.1) is 0 Å². The quantitative estimate of drug-likeness (QED) is 0.235. The maximum absolute atomic E-state index is 4.50. The zero-order valence-electron chi connectivity index (χ0n) is 21.3. The van der Waals surface area contributed by atoms with Crippen LogP contribution < -0.4 is 10.4 Å². The van der Waals surface area contributed by atoms with Crippen molar-refractivity contribution in [2.24, 2.45) is 0 Å². The fourth-order valence-electron chi connectivity index (χ4n) is 5.26. The molecule has 0 aliphatic carbocycles. The van der Waals surface area contributed by atoms with Gasteiger partial charge in [0.1, 0.15) is 0 Å². The molecule has 0 radical (unpaired) electrons. The van der Waals surface area contributed by atoms with E-state index in [4.69, 9.17) is 0 Å². The van der Waals surface area contributed by atoms with E-state index in [1.807, 2.05) is 6.07 Å². The van der Waals surface area contributed by atoms with E-state index in [9.17, 15) is 0 Å². The van der Waals surface area contributed by atoms with E-state index in [2.05, 4.69) is 153 Å². The third-order valence-electron chi connectivity index (χ3n) is 7.13. The summed E-state index contributed by atoms with van der Waals surface area (Å²) in [5, 5.41) is 6.69. The second-order valence-corrected chi connectivity index (χ2v) is 9.57.